The fourth-order valence-corrected chi connectivity index (χ4v) is 3.01. The number of alkyl halides is 5. The summed E-state index contributed by atoms with van der Waals surface area (Å²) in [6.07, 6.45) is -3.01. The molecule has 1 N–H and O–H groups in total. The van der Waals surface area contributed by atoms with Crippen LogP contribution in [0.2, 0.25) is 0 Å². The third-order valence-electron chi connectivity index (χ3n) is 4.00. The van der Waals surface area contributed by atoms with Crippen molar-refractivity contribution in [1.82, 2.24) is 15.0 Å². The summed E-state index contributed by atoms with van der Waals surface area (Å²) in [4.78, 5) is 11.4. The van der Waals surface area contributed by atoms with Crippen LogP contribution in [0.1, 0.15) is 5.56 Å². The molecule has 3 rings (SSSR count). The van der Waals surface area contributed by atoms with Crippen LogP contribution in [-0.4, -0.2) is 44.1 Å². The minimum absolute atomic E-state index is 0.152. The molecule has 0 radical (unpaired) electrons. The van der Waals surface area contributed by atoms with Gasteiger partial charge in [0.1, 0.15) is 5.75 Å². The average Bonchev–Trinajstić information content (AvgIpc) is 3.04. The van der Waals surface area contributed by atoms with E-state index < -0.39 is 29.5 Å². The van der Waals surface area contributed by atoms with Gasteiger partial charge in [-0.15, -0.1) is 0 Å². The number of imidazole rings is 1. The second-order valence-corrected chi connectivity index (χ2v) is 7.27. The molecule has 28 heavy (non-hydrogen) atoms. The molecule has 2 heterocycles. The summed E-state index contributed by atoms with van der Waals surface area (Å²) in [5.41, 5.74) is 2.10. The molecular weight excluding hydrogens is 405 g/mol. The first kappa shape index (κ1) is 20.2. The smallest absolute Gasteiger partial charge is 0.456 e. The van der Waals surface area contributed by atoms with Gasteiger partial charge in [-0.05, 0) is 19.1 Å². The van der Waals surface area contributed by atoms with Gasteiger partial charge in [0.2, 0.25) is 0 Å². The van der Waals surface area contributed by atoms with Gasteiger partial charge in [0.25, 0.3) is 0 Å². The number of ether oxygens (including phenoxy) is 1. The van der Waals surface area contributed by atoms with Crippen LogP contribution in [0.4, 0.5) is 22.0 Å². The first-order valence-electron chi connectivity index (χ1n) is 7.87. The first-order chi connectivity index (χ1) is 13.0. The molecule has 0 aliphatic carbocycles. The summed E-state index contributed by atoms with van der Waals surface area (Å²) in [5, 5.41) is 0.248. The molecule has 3 aromatic rings. The van der Waals surface area contributed by atoms with E-state index in [2.05, 4.69) is 15.0 Å². The number of aromatic amines is 1. The van der Waals surface area contributed by atoms with Gasteiger partial charge in [0, 0.05) is 23.6 Å². The lowest BCUT2D eigenvalue weighted by atomic mass is 10.0. The number of nitrogens with zero attached hydrogens (tertiary/aromatic N) is 2. The van der Waals surface area contributed by atoms with Crippen molar-refractivity contribution in [3.05, 3.63) is 36.0 Å². The lowest BCUT2D eigenvalue weighted by molar-refractivity contribution is -0.290. The van der Waals surface area contributed by atoms with Crippen LogP contribution in [0.25, 0.3) is 22.3 Å². The highest BCUT2D eigenvalue weighted by Crippen LogP contribution is 2.37. The Hall–Kier alpha value is -2.56. The summed E-state index contributed by atoms with van der Waals surface area (Å²) in [6.45, 7) is -0.347. The molecule has 0 aliphatic heterocycles. The van der Waals surface area contributed by atoms with Crippen molar-refractivity contribution >= 4 is 21.8 Å². The van der Waals surface area contributed by atoms with Crippen molar-refractivity contribution in [2.24, 2.45) is 0 Å². The van der Waals surface area contributed by atoms with Gasteiger partial charge in [-0.25, -0.2) is 4.98 Å². The Balaban J connectivity index is 2.00. The van der Waals surface area contributed by atoms with E-state index in [4.69, 9.17) is 4.74 Å². The van der Waals surface area contributed by atoms with Crippen molar-refractivity contribution in [3.8, 4) is 17.0 Å². The topological polar surface area (TPSA) is 67.9 Å². The molecule has 0 saturated carbocycles. The van der Waals surface area contributed by atoms with Crippen molar-refractivity contribution in [1.29, 1.82) is 0 Å². The molecule has 0 amide bonds. The van der Waals surface area contributed by atoms with Crippen LogP contribution in [0.5, 0.6) is 5.75 Å². The van der Waals surface area contributed by atoms with Crippen LogP contribution in [0.3, 0.4) is 0 Å². The van der Waals surface area contributed by atoms with Gasteiger partial charge >= 0.3 is 12.1 Å². The average molecular weight is 419 g/mol. The third-order valence-corrected chi connectivity index (χ3v) is 4.73. The van der Waals surface area contributed by atoms with E-state index in [0.29, 0.717) is 22.3 Å². The Labute approximate surface area is 158 Å². The Bertz CT molecular complexity index is 1050. The van der Waals surface area contributed by atoms with Crippen LogP contribution < -0.4 is 4.74 Å². The van der Waals surface area contributed by atoms with Crippen molar-refractivity contribution < 1.29 is 30.9 Å². The minimum atomic E-state index is -5.70. The maximum atomic E-state index is 13.1. The fourth-order valence-electron chi connectivity index (χ4n) is 2.53. The molecule has 5 nitrogen and oxygen atoms in total. The van der Waals surface area contributed by atoms with E-state index in [0.717, 1.165) is 0 Å². The summed E-state index contributed by atoms with van der Waals surface area (Å²) < 4.78 is 79.8. The largest absolute Gasteiger partial charge is 0.486 e. The summed E-state index contributed by atoms with van der Waals surface area (Å²) in [7, 11) is -1.36. The van der Waals surface area contributed by atoms with E-state index in [1.54, 1.807) is 18.2 Å². The lowest BCUT2D eigenvalue weighted by Crippen LogP contribution is -2.41. The second-order valence-electron chi connectivity index (χ2n) is 5.97. The highest BCUT2D eigenvalue weighted by molar-refractivity contribution is 7.84. The van der Waals surface area contributed by atoms with Crippen molar-refractivity contribution in [3.63, 3.8) is 0 Å². The maximum absolute atomic E-state index is 13.1. The number of para-hydroxylation sites is 1. The Morgan fingerprint density at radius 1 is 1.18 bits per heavy atom. The molecule has 1 aromatic carbocycles. The van der Waals surface area contributed by atoms with Gasteiger partial charge in [0.15, 0.2) is 11.8 Å². The van der Waals surface area contributed by atoms with E-state index >= 15 is 0 Å². The van der Waals surface area contributed by atoms with Gasteiger partial charge < -0.3 is 9.72 Å². The highest BCUT2D eigenvalue weighted by Gasteiger charge is 2.58. The van der Waals surface area contributed by atoms with E-state index in [-0.39, 0.29) is 16.5 Å². The number of nitrogens with one attached hydrogen (secondary N) is 1. The molecule has 0 fully saturated rings. The third kappa shape index (κ3) is 3.71. The summed E-state index contributed by atoms with van der Waals surface area (Å²) in [5.74, 6) is -5.13. The standard InChI is InChI=1S/C17H14F5N3O2S/c1-9-12(27-8-16(18,19)17(20,21)22)6-7-23-13(9)10-4-3-5-11-14(10)25-15(24-11)28(2)26/h3-7H,8H2,1-2H3,(H,24,25). The van der Waals surface area contributed by atoms with Crippen LogP contribution >= 0.6 is 0 Å². The molecule has 0 spiro atoms. The zero-order valence-corrected chi connectivity index (χ0v) is 15.4. The maximum Gasteiger partial charge on any atom is 0.456 e. The van der Waals surface area contributed by atoms with E-state index in [1.807, 2.05) is 0 Å². The number of aromatic nitrogens is 3. The number of halogens is 5. The fraction of sp³-hybridized carbons (Fsp3) is 0.294. The predicted octanol–water partition coefficient (Wildman–Crippen LogP) is 4.25. The van der Waals surface area contributed by atoms with Gasteiger partial charge in [-0.1, -0.05) is 12.1 Å². The number of rotatable bonds is 5. The first-order valence-corrected chi connectivity index (χ1v) is 9.42. The number of pyridine rings is 1. The zero-order valence-electron chi connectivity index (χ0n) is 14.6. The normalized spacial score (nSPS) is 13.7. The Morgan fingerprint density at radius 3 is 2.54 bits per heavy atom. The zero-order chi connectivity index (χ0) is 20.7. The molecule has 1 unspecified atom stereocenters. The summed E-state index contributed by atoms with van der Waals surface area (Å²) >= 11 is 0. The van der Waals surface area contributed by atoms with Crippen molar-refractivity contribution in [2.75, 3.05) is 12.9 Å². The Kier molecular flexibility index (Phi) is 5.13. The highest BCUT2D eigenvalue weighted by atomic mass is 32.2. The summed E-state index contributed by atoms with van der Waals surface area (Å²) in [6, 6.07) is 6.27. The molecule has 1 atom stereocenters. The monoisotopic (exact) mass is 419 g/mol. The van der Waals surface area contributed by atoms with E-state index in [9.17, 15) is 26.2 Å². The minimum Gasteiger partial charge on any atom is -0.486 e. The molecule has 2 aromatic heterocycles. The number of hydrogen-bond donors (Lipinski definition) is 1. The quantitative estimate of drug-likeness (QED) is 0.628. The van der Waals surface area contributed by atoms with Gasteiger partial charge in [-0.3, -0.25) is 9.19 Å². The van der Waals surface area contributed by atoms with Gasteiger partial charge in [0.05, 0.1) is 27.5 Å². The Morgan fingerprint density at radius 2 is 1.89 bits per heavy atom. The van der Waals surface area contributed by atoms with E-state index in [1.165, 1.54) is 25.4 Å². The molecule has 11 heteroatoms. The molecule has 150 valence electrons. The molecule has 0 bridgehead atoms. The molecule has 0 aliphatic rings. The number of hydrogen-bond acceptors (Lipinski definition) is 4. The second kappa shape index (κ2) is 7.12. The van der Waals surface area contributed by atoms with Crippen LogP contribution in [-0.2, 0) is 10.8 Å². The molecule has 0 saturated heterocycles. The van der Waals surface area contributed by atoms with Crippen LogP contribution in [0, 0.1) is 6.92 Å². The lowest BCUT2D eigenvalue weighted by Gasteiger charge is -2.20. The number of benzene rings is 1. The molecular formula is C17H14F5N3O2S. The number of H-pyrrole nitrogens is 1. The van der Waals surface area contributed by atoms with Crippen molar-refractivity contribution in [2.45, 2.75) is 24.2 Å². The SMILES string of the molecule is Cc1c(OCC(F)(F)C(F)(F)F)ccnc1-c1cccc2[nH]c(S(C)=O)nc12. The predicted molar refractivity (Wildman–Crippen MR) is 92.9 cm³/mol. The van der Waals surface area contributed by atoms with Gasteiger partial charge in [-0.2, -0.15) is 22.0 Å². The van der Waals surface area contributed by atoms with Crippen LogP contribution in [0.15, 0.2) is 35.6 Å². The number of fused-ring (bicyclic) bond motifs is 1.